The summed E-state index contributed by atoms with van der Waals surface area (Å²) < 4.78 is 5.11. The van der Waals surface area contributed by atoms with Gasteiger partial charge in [-0.05, 0) is 26.0 Å². The van der Waals surface area contributed by atoms with Crippen molar-refractivity contribution in [2.24, 2.45) is 5.92 Å². The van der Waals surface area contributed by atoms with Crippen LogP contribution in [-0.2, 0) is 19.1 Å². The van der Waals surface area contributed by atoms with Crippen LogP contribution in [0.1, 0.15) is 28.6 Å². The van der Waals surface area contributed by atoms with E-state index in [4.69, 9.17) is 4.74 Å². The second kappa shape index (κ2) is 8.31. The van der Waals surface area contributed by atoms with Gasteiger partial charge in [0.2, 0.25) is 5.91 Å². The van der Waals surface area contributed by atoms with Gasteiger partial charge in [0.1, 0.15) is 5.01 Å². The molecule has 0 radical (unpaired) electrons. The fourth-order valence-corrected chi connectivity index (χ4v) is 3.81. The predicted octanol–water partition coefficient (Wildman–Crippen LogP) is 2.53. The van der Waals surface area contributed by atoms with Crippen molar-refractivity contribution in [2.45, 2.75) is 26.2 Å². The summed E-state index contributed by atoms with van der Waals surface area (Å²) in [6.45, 7) is 3.43. The number of nitrogens with zero attached hydrogens (tertiary/aromatic N) is 3. The molecule has 0 aliphatic carbocycles. The van der Waals surface area contributed by atoms with Crippen molar-refractivity contribution in [3.63, 3.8) is 0 Å². The molecular weight excluding hydrogens is 378 g/mol. The zero-order valence-corrected chi connectivity index (χ0v) is 16.4. The molecule has 1 amide bonds. The number of amides is 1. The van der Waals surface area contributed by atoms with E-state index in [1.807, 2.05) is 37.3 Å². The zero-order valence-electron chi connectivity index (χ0n) is 15.5. The highest BCUT2D eigenvalue weighted by Crippen LogP contribution is 2.26. The largest absolute Gasteiger partial charge is 0.457 e. The lowest BCUT2D eigenvalue weighted by Crippen LogP contribution is -2.27. The van der Waals surface area contributed by atoms with E-state index in [2.05, 4.69) is 4.98 Å². The molecular formula is C20H19N3O4S. The van der Waals surface area contributed by atoms with Gasteiger partial charge in [-0.15, -0.1) is 11.3 Å². The van der Waals surface area contributed by atoms with Crippen molar-refractivity contribution in [1.29, 1.82) is 5.26 Å². The van der Waals surface area contributed by atoms with Gasteiger partial charge < -0.3 is 9.64 Å². The van der Waals surface area contributed by atoms with E-state index >= 15 is 0 Å². The molecule has 28 heavy (non-hydrogen) atoms. The molecule has 0 saturated carbocycles. The number of aromatic nitrogens is 1. The summed E-state index contributed by atoms with van der Waals surface area (Å²) in [5, 5.41) is 11.4. The molecule has 0 N–H and O–H groups in total. The number of hydrogen-bond donors (Lipinski definition) is 0. The standard InChI is InChI=1S/C20H19N3O4S/c1-12-3-5-15(6-4-12)23-9-14(7-18(23)25)20(26)27-10-17(24)16(8-21)19-22-13(2)11-28-19/h3-6,11,14,16H,7,9-10H2,1-2H3/t14-,16-/m1/s1. The number of Topliss-reactive ketones (excluding diaryl/α,β-unsaturated/α-hetero) is 1. The molecule has 1 aliphatic heterocycles. The van der Waals surface area contributed by atoms with E-state index in [1.54, 1.807) is 17.2 Å². The average Bonchev–Trinajstić information content (AvgIpc) is 3.27. The number of aryl methyl sites for hydroxylation is 2. The molecule has 3 rings (SSSR count). The minimum atomic E-state index is -1.05. The van der Waals surface area contributed by atoms with Crippen LogP contribution < -0.4 is 4.90 Å². The van der Waals surface area contributed by atoms with Gasteiger partial charge in [-0.3, -0.25) is 14.4 Å². The minimum Gasteiger partial charge on any atom is -0.457 e. The normalized spacial score (nSPS) is 17.2. The van der Waals surface area contributed by atoms with E-state index in [1.165, 1.54) is 11.3 Å². The molecule has 7 nitrogen and oxygen atoms in total. The molecule has 0 unspecified atom stereocenters. The summed E-state index contributed by atoms with van der Waals surface area (Å²) in [4.78, 5) is 42.6. The Kier molecular flexibility index (Phi) is 5.85. The molecule has 8 heteroatoms. The van der Waals surface area contributed by atoms with Gasteiger partial charge in [0.15, 0.2) is 18.3 Å². The van der Waals surface area contributed by atoms with Crippen LogP contribution in [0, 0.1) is 31.1 Å². The smallest absolute Gasteiger partial charge is 0.311 e. The van der Waals surface area contributed by atoms with Crippen molar-refractivity contribution in [3.8, 4) is 6.07 Å². The SMILES string of the molecule is Cc1ccc(N2C[C@H](C(=O)OCC(=O)[C@@H](C#N)c3nc(C)cs3)CC2=O)cc1. The number of ketones is 1. The van der Waals surface area contributed by atoms with Crippen molar-refractivity contribution in [1.82, 2.24) is 4.98 Å². The predicted molar refractivity (Wildman–Crippen MR) is 103 cm³/mol. The van der Waals surface area contributed by atoms with E-state index in [0.29, 0.717) is 5.01 Å². The number of carbonyl (C=O) groups excluding carboxylic acids is 3. The topological polar surface area (TPSA) is 100 Å². The van der Waals surface area contributed by atoms with Crippen LogP contribution >= 0.6 is 11.3 Å². The summed E-state index contributed by atoms with van der Waals surface area (Å²) in [5.41, 5.74) is 2.53. The molecule has 0 bridgehead atoms. The zero-order chi connectivity index (χ0) is 20.3. The number of benzene rings is 1. The van der Waals surface area contributed by atoms with E-state index in [9.17, 15) is 19.6 Å². The van der Waals surface area contributed by atoms with Crippen LogP contribution in [0.15, 0.2) is 29.6 Å². The van der Waals surface area contributed by atoms with Gasteiger partial charge >= 0.3 is 5.97 Å². The van der Waals surface area contributed by atoms with Crippen LogP contribution in [-0.4, -0.2) is 35.8 Å². The monoisotopic (exact) mass is 397 g/mol. The summed E-state index contributed by atoms with van der Waals surface area (Å²) in [6, 6.07) is 9.37. The third kappa shape index (κ3) is 4.26. The Morgan fingerprint density at radius 1 is 1.36 bits per heavy atom. The Morgan fingerprint density at radius 2 is 2.07 bits per heavy atom. The molecule has 1 aromatic heterocycles. The van der Waals surface area contributed by atoms with Gasteiger partial charge in [0.05, 0.1) is 12.0 Å². The maximum Gasteiger partial charge on any atom is 0.311 e. The second-order valence-corrected chi connectivity index (χ2v) is 7.59. The number of ether oxygens (including phenoxy) is 1. The first-order valence-corrected chi connectivity index (χ1v) is 9.65. The Hall–Kier alpha value is -3.05. The van der Waals surface area contributed by atoms with Gasteiger partial charge in [-0.2, -0.15) is 5.26 Å². The van der Waals surface area contributed by atoms with E-state index in [-0.39, 0.29) is 18.9 Å². The first-order valence-electron chi connectivity index (χ1n) is 8.77. The maximum absolute atomic E-state index is 12.3. The van der Waals surface area contributed by atoms with Crippen molar-refractivity contribution < 1.29 is 19.1 Å². The summed E-state index contributed by atoms with van der Waals surface area (Å²) in [5.74, 6) is -2.98. The molecule has 2 atom stereocenters. The second-order valence-electron chi connectivity index (χ2n) is 6.70. The average molecular weight is 397 g/mol. The maximum atomic E-state index is 12.3. The number of thiazole rings is 1. The molecule has 144 valence electrons. The quantitative estimate of drug-likeness (QED) is 0.695. The Morgan fingerprint density at radius 3 is 2.68 bits per heavy atom. The van der Waals surface area contributed by atoms with Crippen LogP contribution in [0.2, 0.25) is 0 Å². The number of carbonyl (C=O) groups is 3. The van der Waals surface area contributed by atoms with Crippen molar-refractivity contribution in [2.75, 3.05) is 18.1 Å². The molecule has 1 aromatic carbocycles. The Bertz CT molecular complexity index is 945. The van der Waals surface area contributed by atoms with E-state index in [0.717, 1.165) is 16.9 Å². The minimum absolute atomic E-state index is 0.0360. The number of hydrogen-bond acceptors (Lipinski definition) is 7. The van der Waals surface area contributed by atoms with Crippen LogP contribution in [0.3, 0.4) is 0 Å². The first-order chi connectivity index (χ1) is 13.4. The molecule has 0 spiro atoms. The molecule has 1 saturated heterocycles. The van der Waals surface area contributed by atoms with Crippen LogP contribution in [0.25, 0.3) is 0 Å². The lowest BCUT2D eigenvalue weighted by molar-refractivity contribution is -0.151. The third-order valence-corrected chi connectivity index (χ3v) is 5.52. The number of rotatable bonds is 6. The Balaban J connectivity index is 1.58. The number of nitriles is 1. The number of esters is 1. The van der Waals surface area contributed by atoms with Gasteiger partial charge in [0.25, 0.3) is 0 Å². The van der Waals surface area contributed by atoms with E-state index < -0.39 is 30.2 Å². The van der Waals surface area contributed by atoms with Crippen LogP contribution in [0.4, 0.5) is 5.69 Å². The first kappa shape index (κ1) is 19.7. The molecule has 1 fully saturated rings. The van der Waals surface area contributed by atoms with Gasteiger partial charge in [-0.25, -0.2) is 4.98 Å². The van der Waals surface area contributed by atoms with Gasteiger partial charge in [0, 0.05) is 29.7 Å². The number of anilines is 1. The Labute approximate surface area is 166 Å². The highest BCUT2D eigenvalue weighted by molar-refractivity contribution is 7.09. The molecule has 2 aromatic rings. The van der Waals surface area contributed by atoms with Crippen molar-refractivity contribution in [3.05, 3.63) is 45.9 Å². The van der Waals surface area contributed by atoms with Crippen molar-refractivity contribution >= 4 is 34.7 Å². The highest BCUT2D eigenvalue weighted by atomic mass is 32.1. The lowest BCUT2D eigenvalue weighted by atomic mass is 10.1. The summed E-state index contributed by atoms with van der Waals surface area (Å²) >= 11 is 1.22. The van der Waals surface area contributed by atoms with Gasteiger partial charge in [-0.1, -0.05) is 17.7 Å². The molecule has 1 aliphatic rings. The lowest BCUT2D eigenvalue weighted by Gasteiger charge is -2.16. The molecule has 2 heterocycles. The fraction of sp³-hybridized carbons (Fsp3) is 0.350. The third-order valence-electron chi connectivity index (χ3n) is 4.50. The highest BCUT2D eigenvalue weighted by Gasteiger charge is 2.36. The summed E-state index contributed by atoms with van der Waals surface area (Å²) in [7, 11) is 0. The fourth-order valence-electron chi connectivity index (χ4n) is 2.95. The van der Waals surface area contributed by atoms with Crippen LogP contribution in [0.5, 0.6) is 0 Å². The summed E-state index contributed by atoms with van der Waals surface area (Å²) in [6.07, 6.45) is 0.0360.